The van der Waals surface area contributed by atoms with E-state index in [1.54, 1.807) is 0 Å². The minimum absolute atomic E-state index is 0.156. The molecule has 1 aliphatic heterocycles. The van der Waals surface area contributed by atoms with Gasteiger partial charge in [0, 0.05) is 19.1 Å². The number of H-pyrrole nitrogens is 1. The summed E-state index contributed by atoms with van der Waals surface area (Å²) in [4.78, 5) is 18.0. The highest BCUT2D eigenvalue weighted by molar-refractivity contribution is 5.90. The topological polar surface area (TPSA) is 73.9 Å². The van der Waals surface area contributed by atoms with E-state index >= 15 is 0 Å². The van der Waals surface area contributed by atoms with Gasteiger partial charge in [0.1, 0.15) is 6.33 Å². The highest BCUT2D eigenvalue weighted by atomic mass is 16.2. The lowest BCUT2D eigenvalue weighted by molar-refractivity contribution is 0.0901. The largest absolute Gasteiger partial charge is 0.347 e. The van der Waals surface area contributed by atoms with Gasteiger partial charge in [0.2, 0.25) is 5.82 Å². The Morgan fingerprint density at radius 3 is 2.94 bits per heavy atom. The van der Waals surface area contributed by atoms with Crippen molar-refractivity contribution >= 4 is 5.91 Å². The van der Waals surface area contributed by atoms with Crippen LogP contribution in [0.1, 0.15) is 36.8 Å². The molecule has 1 amide bonds. The molecule has 0 atom stereocenters. The molecule has 0 bridgehead atoms. The number of likely N-dealkylation sites (tertiary alicyclic amines) is 1. The molecule has 6 nitrogen and oxygen atoms in total. The predicted molar refractivity (Wildman–Crippen MR) is 63.6 cm³/mol. The molecular weight excluding hydrogens is 218 g/mol. The molecule has 2 N–H and O–H groups in total. The standard InChI is InChI=1S/C11H19N5O/c1-2-5-16-6-3-9(4-7-16)14-11(17)10-12-8-13-15-10/h8-9H,2-7H2,1H3,(H,14,17)(H,12,13,15). The molecule has 1 aromatic heterocycles. The van der Waals surface area contributed by atoms with Gasteiger partial charge in [-0.3, -0.25) is 9.89 Å². The van der Waals surface area contributed by atoms with Crippen molar-refractivity contribution in [3.8, 4) is 0 Å². The number of aromatic amines is 1. The third kappa shape index (κ3) is 3.26. The molecule has 2 heterocycles. The van der Waals surface area contributed by atoms with Crippen molar-refractivity contribution in [2.45, 2.75) is 32.2 Å². The van der Waals surface area contributed by atoms with Crippen LogP contribution in [0.25, 0.3) is 0 Å². The van der Waals surface area contributed by atoms with Crippen molar-refractivity contribution in [2.75, 3.05) is 19.6 Å². The van der Waals surface area contributed by atoms with Gasteiger partial charge in [-0.1, -0.05) is 6.92 Å². The van der Waals surface area contributed by atoms with Gasteiger partial charge in [-0.05, 0) is 25.8 Å². The number of amides is 1. The van der Waals surface area contributed by atoms with Crippen molar-refractivity contribution in [2.24, 2.45) is 0 Å². The molecule has 0 aromatic carbocycles. The Morgan fingerprint density at radius 1 is 1.59 bits per heavy atom. The number of carbonyl (C=O) groups excluding carboxylic acids is 1. The lowest BCUT2D eigenvalue weighted by Gasteiger charge is -2.31. The zero-order chi connectivity index (χ0) is 12.1. The number of nitrogens with one attached hydrogen (secondary N) is 2. The zero-order valence-corrected chi connectivity index (χ0v) is 10.1. The minimum Gasteiger partial charge on any atom is -0.347 e. The molecule has 1 aromatic rings. The minimum atomic E-state index is -0.156. The van der Waals surface area contributed by atoms with E-state index < -0.39 is 0 Å². The molecule has 1 fully saturated rings. The molecule has 1 saturated heterocycles. The van der Waals surface area contributed by atoms with Crippen molar-refractivity contribution < 1.29 is 4.79 Å². The van der Waals surface area contributed by atoms with Crippen LogP contribution in [0.4, 0.5) is 0 Å². The average molecular weight is 237 g/mol. The number of hydrogen-bond acceptors (Lipinski definition) is 4. The van der Waals surface area contributed by atoms with E-state index in [0.29, 0.717) is 5.82 Å². The van der Waals surface area contributed by atoms with Gasteiger partial charge in [-0.25, -0.2) is 4.98 Å². The maximum atomic E-state index is 11.7. The van der Waals surface area contributed by atoms with Crippen LogP contribution in [0, 0.1) is 0 Å². The van der Waals surface area contributed by atoms with Gasteiger partial charge in [-0.2, -0.15) is 5.10 Å². The molecule has 17 heavy (non-hydrogen) atoms. The summed E-state index contributed by atoms with van der Waals surface area (Å²) in [7, 11) is 0. The van der Waals surface area contributed by atoms with Gasteiger partial charge in [0.25, 0.3) is 5.91 Å². The Bertz CT molecular complexity index is 343. The lowest BCUT2D eigenvalue weighted by Crippen LogP contribution is -2.45. The van der Waals surface area contributed by atoms with Crippen LogP contribution in [0.5, 0.6) is 0 Å². The third-order valence-corrected chi connectivity index (χ3v) is 3.09. The van der Waals surface area contributed by atoms with E-state index in [1.165, 1.54) is 12.7 Å². The van der Waals surface area contributed by atoms with Crippen molar-refractivity contribution in [1.29, 1.82) is 0 Å². The first-order valence-corrected chi connectivity index (χ1v) is 6.18. The van der Waals surface area contributed by atoms with Crippen LogP contribution >= 0.6 is 0 Å². The molecule has 2 rings (SSSR count). The summed E-state index contributed by atoms with van der Waals surface area (Å²) < 4.78 is 0. The number of piperidine rings is 1. The van der Waals surface area contributed by atoms with Crippen LogP contribution in [0.3, 0.4) is 0 Å². The Hall–Kier alpha value is -1.43. The molecule has 0 spiro atoms. The first-order valence-electron chi connectivity index (χ1n) is 6.18. The van der Waals surface area contributed by atoms with E-state index in [9.17, 15) is 4.79 Å². The maximum Gasteiger partial charge on any atom is 0.288 e. The smallest absolute Gasteiger partial charge is 0.288 e. The SMILES string of the molecule is CCCN1CCC(NC(=O)c2ncn[nH]2)CC1. The Balaban J connectivity index is 1.76. The predicted octanol–water partition coefficient (Wildman–Crippen LogP) is 0.409. The number of aromatic nitrogens is 3. The summed E-state index contributed by atoms with van der Waals surface area (Å²) in [5.74, 6) is 0.137. The molecule has 0 aliphatic carbocycles. The van der Waals surface area contributed by atoms with Crippen molar-refractivity contribution in [3.05, 3.63) is 12.2 Å². The van der Waals surface area contributed by atoms with Gasteiger partial charge < -0.3 is 10.2 Å². The van der Waals surface area contributed by atoms with Crippen LogP contribution in [-0.4, -0.2) is 51.7 Å². The molecule has 0 saturated carbocycles. The second-order valence-corrected chi connectivity index (χ2v) is 4.42. The van der Waals surface area contributed by atoms with Crippen LogP contribution < -0.4 is 5.32 Å². The monoisotopic (exact) mass is 237 g/mol. The highest BCUT2D eigenvalue weighted by Crippen LogP contribution is 2.10. The lowest BCUT2D eigenvalue weighted by atomic mass is 10.0. The summed E-state index contributed by atoms with van der Waals surface area (Å²) in [6.45, 7) is 5.48. The maximum absolute atomic E-state index is 11.7. The summed E-state index contributed by atoms with van der Waals surface area (Å²) >= 11 is 0. The quantitative estimate of drug-likeness (QED) is 0.795. The fraction of sp³-hybridized carbons (Fsp3) is 0.727. The molecule has 94 valence electrons. The van der Waals surface area contributed by atoms with Gasteiger partial charge >= 0.3 is 0 Å². The fourth-order valence-corrected chi connectivity index (χ4v) is 2.19. The number of hydrogen-bond donors (Lipinski definition) is 2. The summed E-state index contributed by atoms with van der Waals surface area (Å²) in [6, 6.07) is 0.265. The Kier molecular flexibility index (Phi) is 4.08. The van der Waals surface area contributed by atoms with E-state index in [4.69, 9.17) is 0 Å². The average Bonchev–Trinajstić information content (AvgIpc) is 2.86. The van der Waals surface area contributed by atoms with Crippen molar-refractivity contribution in [3.63, 3.8) is 0 Å². The molecular formula is C11H19N5O. The first kappa shape index (κ1) is 12.0. The van der Waals surface area contributed by atoms with Crippen LogP contribution in [-0.2, 0) is 0 Å². The highest BCUT2D eigenvalue weighted by Gasteiger charge is 2.21. The van der Waals surface area contributed by atoms with Crippen molar-refractivity contribution in [1.82, 2.24) is 25.4 Å². The fourth-order valence-electron chi connectivity index (χ4n) is 2.19. The third-order valence-electron chi connectivity index (χ3n) is 3.09. The van der Waals surface area contributed by atoms with E-state index in [1.807, 2.05) is 0 Å². The number of nitrogens with zero attached hydrogens (tertiary/aromatic N) is 3. The normalized spacial score (nSPS) is 18.2. The molecule has 6 heteroatoms. The molecule has 0 unspecified atom stereocenters. The van der Waals surface area contributed by atoms with Gasteiger partial charge in [0.05, 0.1) is 0 Å². The summed E-state index contributed by atoms with van der Waals surface area (Å²) in [5.41, 5.74) is 0. The Labute approximate surface area is 101 Å². The van der Waals surface area contributed by atoms with Crippen LogP contribution in [0.2, 0.25) is 0 Å². The van der Waals surface area contributed by atoms with E-state index in [-0.39, 0.29) is 11.9 Å². The Morgan fingerprint density at radius 2 is 2.35 bits per heavy atom. The summed E-state index contributed by atoms with van der Waals surface area (Å²) in [6.07, 6.45) is 4.56. The van der Waals surface area contributed by atoms with E-state index in [0.717, 1.165) is 32.5 Å². The second-order valence-electron chi connectivity index (χ2n) is 4.42. The van der Waals surface area contributed by atoms with Gasteiger partial charge in [0.15, 0.2) is 0 Å². The number of carbonyl (C=O) groups is 1. The molecule has 0 radical (unpaired) electrons. The number of rotatable bonds is 4. The van der Waals surface area contributed by atoms with E-state index in [2.05, 4.69) is 32.3 Å². The summed E-state index contributed by atoms with van der Waals surface area (Å²) in [5, 5.41) is 9.22. The molecule has 1 aliphatic rings. The van der Waals surface area contributed by atoms with Crippen LogP contribution in [0.15, 0.2) is 6.33 Å². The second kappa shape index (κ2) is 5.77. The van der Waals surface area contributed by atoms with Gasteiger partial charge in [-0.15, -0.1) is 0 Å². The first-order chi connectivity index (χ1) is 8.29. The zero-order valence-electron chi connectivity index (χ0n) is 10.1.